The molecule has 2 aromatic carbocycles. The third-order valence-corrected chi connectivity index (χ3v) is 4.50. The molecule has 3 atom stereocenters. The molecule has 1 aliphatic heterocycles. The van der Waals surface area contributed by atoms with Crippen LogP contribution in [0.3, 0.4) is 0 Å². The highest BCUT2D eigenvalue weighted by Gasteiger charge is 2.38. The molecule has 0 amide bonds. The van der Waals surface area contributed by atoms with Crippen molar-refractivity contribution < 1.29 is 4.39 Å². The van der Waals surface area contributed by atoms with Gasteiger partial charge in [0.05, 0.1) is 11.7 Å². The molecular formula is C18H16FN. The second-order valence-electron chi connectivity index (χ2n) is 5.59. The second-order valence-corrected chi connectivity index (χ2v) is 5.59. The molecule has 2 heteroatoms. The molecule has 0 radical (unpaired) electrons. The van der Waals surface area contributed by atoms with Gasteiger partial charge in [-0.15, -0.1) is 0 Å². The monoisotopic (exact) mass is 265 g/mol. The summed E-state index contributed by atoms with van der Waals surface area (Å²) in [5, 5.41) is 3.44. The van der Waals surface area contributed by atoms with E-state index in [2.05, 4.69) is 29.6 Å². The predicted octanol–water partition coefficient (Wildman–Crippen LogP) is 4.65. The zero-order chi connectivity index (χ0) is 13.5. The normalized spacial score (nSPS) is 26.8. The minimum atomic E-state index is -0.151. The van der Waals surface area contributed by atoms with Crippen LogP contribution in [0.5, 0.6) is 0 Å². The minimum absolute atomic E-state index is 0.151. The van der Waals surface area contributed by atoms with Gasteiger partial charge in [-0.25, -0.2) is 4.39 Å². The molecule has 1 nitrogen and oxygen atoms in total. The average Bonchev–Trinajstić information content (AvgIpc) is 2.97. The Labute approximate surface area is 118 Å². The fourth-order valence-corrected chi connectivity index (χ4v) is 3.57. The maximum Gasteiger partial charge on any atom is 0.146 e. The Morgan fingerprint density at radius 1 is 1.00 bits per heavy atom. The highest BCUT2D eigenvalue weighted by Crippen LogP contribution is 2.50. The number of nitrogens with one attached hydrogen (secondary N) is 1. The molecule has 1 heterocycles. The number of rotatable bonds is 1. The molecule has 1 N–H and O–H groups in total. The number of para-hydroxylation sites is 1. The van der Waals surface area contributed by atoms with Crippen molar-refractivity contribution >= 4 is 5.69 Å². The van der Waals surface area contributed by atoms with Crippen molar-refractivity contribution in [3.63, 3.8) is 0 Å². The van der Waals surface area contributed by atoms with Gasteiger partial charge in [0.1, 0.15) is 5.82 Å². The van der Waals surface area contributed by atoms with Crippen LogP contribution in [0.25, 0.3) is 0 Å². The molecule has 0 bridgehead atoms. The molecular weight excluding hydrogens is 249 g/mol. The Morgan fingerprint density at radius 3 is 2.70 bits per heavy atom. The Morgan fingerprint density at radius 2 is 1.85 bits per heavy atom. The van der Waals surface area contributed by atoms with Crippen molar-refractivity contribution in [2.45, 2.75) is 18.4 Å². The predicted molar refractivity (Wildman–Crippen MR) is 79.2 cm³/mol. The van der Waals surface area contributed by atoms with Crippen LogP contribution in [-0.4, -0.2) is 0 Å². The van der Waals surface area contributed by atoms with Crippen molar-refractivity contribution in [2.75, 3.05) is 5.32 Å². The maximum absolute atomic E-state index is 14.1. The van der Waals surface area contributed by atoms with E-state index in [0.29, 0.717) is 17.5 Å². The first-order valence-corrected chi connectivity index (χ1v) is 7.11. The van der Waals surface area contributed by atoms with Gasteiger partial charge in [-0.05, 0) is 29.5 Å². The highest BCUT2D eigenvalue weighted by atomic mass is 19.1. The van der Waals surface area contributed by atoms with Gasteiger partial charge in [-0.1, -0.05) is 54.6 Å². The maximum atomic E-state index is 14.1. The van der Waals surface area contributed by atoms with Gasteiger partial charge in [0.25, 0.3) is 0 Å². The molecule has 3 unspecified atom stereocenters. The molecule has 0 saturated heterocycles. The summed E-state index contributed by atoms with van der Waals surface area (Å²) in [7, 11) is 0. The SMILES string of the molecule is Fc1cccc2c1NC(c1ccccc1)C1CC=CC21. The minimum Gasteiger partial charge on any atom is -0.375 e. The van der Waals surface area contributed by atoms with E-state index in [-0.39, 0.29) is 11.9 Å². The summed E-state index contributed by atoms with van der Waals surface area (Å²) in [5.41, 5.74) is 3.00. The van der Waals surface area contributed by atoms with Crippen molar-refractivity contribution in [1.29, 1.82) is 0 Å². The summed E-state index contributed by atoms with van der Waals surface area (Å²) < 4.78 is 14.1. The van der Waals surface area contributed by atoms with E-state index in [0.717, 1.165) is 12.0 Å². The van der Waals surface area contributed by atoms with Crippen LogP contribution in [0.2, 0.25) is 0 Å². The zero-order valence-electron chi connectivity index (χ0n) is 11.1. The van der Waals surface area contributed by atoms with Crippen LogP contribution in [0.15, 0.2) is 60.7 Å². The van der Waals surface area contributed by atoms with Crippen molar-refractivity contribution in [3.8, 4) is 0 Å². The molecule has 4 rings (SSSR count). The Balaban J connectivity index is 1.83. The quantitative estimate of drug-likeness (QED) is 0.740. The van der Waals surface area contributed by atoms with E-state index >= 15 is 0 Å². The standard InChI is InChI=1S/C18H16FN/c19-16-11-5-10-15-13-8-4-9-14(13)17(20-18(15)16)12-6-2-1-3-7-12/h1-8,10-11,13-14,17,20H,9H2. The summed E-state index contributed by atoms with van der Waals surface area (Å²) in [6, 6.07) is 15.9. The Bertz CT molecular complexity index is 662. The molecule has 1 aliphatic carbocycles. The third kappa shape index (κ3) is 1.68. The van der Waals surface area contributed by atoms with Crippen molar-refractivity contribution in [2.24, 2.45) is 5.92 Å². The Hall–Kier alpha value is -2.09. The van der Waals surface area contributed by atoms with Crippen LogP contribution < -0.4 is 5.32 Å². The Kier molecular flexibility index (Phi) is 2.62. The average molecular weight is 265 g/mol. The molecule has 0 spiro atoms. The second kappa shape index (κ2) is 4.48. The van der Waals surface area contributed by atoms with Gasteiger partial charge in [-0.3, -0.25) is 0 Å². The van der Waals surface area contributed by atoms with E-state index < -0.39 is 0 Å². The summed E-state index contributed by atoms with van der Waals surface area (Å²) in [4.78, 5) is 0. The number of allylic oxidation sites excluding steroid dienone is 2. The number of fused-ring (bicyclic) bond motifs is 3. The highest BCUT2D eigenvalue weighted by molar-refractivity contribution is 5.60. The van der Waals surface area contributed by atoms with Crippen molar-refractivity contribution in [1.82, 2.24) is 0 Å². The van der Waals surface area contributed by atoms with E-state index in [4.69, 9.17) is 0 Å². The number of halogens is 1. The largest absolute Gasteiger partial charge is 0.375 e. The summed E-state index contributed by atoms with van der Waals surface area (Å²) in [5.74, 6) is 0.654. The fourth-order valence-electron chi connectivity index (χ4n) is 3.57. The molecule has 20 heavy (non-hydrogen) atoms. The van der Waals surface area contributed by atoms with E-state index in [1.807, 2.05) is 30.3 Å². The van der Waals surface area contributed by atoms with Crippen LogP contribution in [0, 0.1) is 11.7 Å². The third-order valence-electron chi connectivity index (χ3n) is 4.50. The smallest absolute Gasteiger partial charge is 0.146 e. The van der Waals surface area contributed by atoms with Crippen LogP contribution in [0.4, 0.5) is 10.1 Å². The molecule has 0 fully saturated rings. The first kappa shape index (κ1) is 11.7. The molecule has 0 aromatic heterocycles. The van der Waals surface area contributed by atoms with Gasteiger partial charge >= 0.3 is 0 Å². The van der Waals surface area contributed by atoms with E-state index in [1.165, 1.54) is 11.6 Å². The fraction of sp³-hybridized carbons (Fsp3) is 0.222. The number of hydrogen-bond donors (Lipinski definition) is 1. The van der Waals surface area contributed by atoms with Crippen LogP contribution >= 0.6 is 0 Å². The number of benzene rings is 2. The first-order valence-electron chi connectivity index (χ1n) is 7.11. The van der Waals surface area contributed by atoms with E-state index in [1.54, 1.807) is 0 Å². The molecule has 0 saturated carbocycles. The number of hydrogen-bond acceptors (Lipinski definition) is 1. The van der Waals surface area contributed by atoms with Crippen LogP contribution in [-0.2, 0) is 0 Å². The van der Waals surface area contributed by atoms with Gasteiger partial charge in [0.15, 0.2) is 0 Å². The summed E-state index contributed by atoms with van der Waals surface area (Å²) in [6.45, 7) is 0. The van der Waals surface area contributed by atoms with Gasteiger partial charge in [0, 0.05) is 5.92 Å². The number of anilines is 1. The molecule has 100 valence electrons. The van der Waals surface area contributed by atoms with Gasteiger partial charge < -0.3 is 5.32 Å². The van der Waals surface area contributed by atoms with Gasteiger partial charge in [0.2, 0.25) is 0 Å². The summed E-state index contributed by atoms with van der Waals surface area (Å²) >= 11 is 0. The van der Waals surface area contributed by atoms with Crippen LogP contribution in [0.1, 0.15) is 29.5 Å². The lowest BCUT2D eigenvalue weighted by atomic mass is 9.77. The lowest BCUT2D eigenvalue weighted by Crippen LogP contribution is -2.29. The van der Waals surface area contributed by atoms with E-state index in [9.17, 15) is 4.39 Å². The zero-order valence-corrected chi connectivity index (χ0v) is 11.1. The first-order chi connectivity index (χ1) is 9.84. The topological polar surface area (TPSA) is 12.0 Å². The molecule has 2 aromatic rings. The summed E-state index contributed by atoms with van der Waals surface area (Å²) in [6.07, 6.45) is 5.51. The van der Waals surface area contributed by atoms with Gasteiger partial charge in [-0.2, -0.15) is 0 Å². The lowest BCUT2D eigenvalue weighted by Gasteiger charge is -2.37. The lowest BCUT2D eigenvalue weighted by molar-refractivity contribution is 0.421. The van der Waals surface area contributed by atoms with Crippen molar-refractivity contribution in [3.05, 3.63) is 77.6 Å². The molecule has 2 aliphatic rings.